The highest BCUT2D eigenvalue weighted by Gasteiger charge is 2.38. The van der Waals surface area contributed by atoms with Gasteiger partial charge in [0.2, 0.25) is 0 Å². The summed E-state index contributed by atoms with van der Waals surface area (Å²) in [7, 11) is 0. The molecule has 0 amide bonds. The Bertz CT molecular complexity index is 200. The first kappa shape index (κ1) is 11.5. The van der Waals surface area contributed by atoms with Gasteiger partial charge >= 0.3 is 5.97 Å². The second-order valence-corrected chi connectivity index (χ2v) is 5.27. The van der Waals surface area contributed by atoms with Crippen LogP contribution in [0.3, 0.4) is 0 Å². The monoisotopic (exact) mass is 198 g/mol. The first-order chi connectivity index (χ1) is 6.46. The van der Waals surface area contributed by atoms with E-state index in [0.717, 1.165) is 18.8 Å². The second kappa shape index (κ2) is 4.33. The fourth-order valence-corrected chi connectivity index (χ4v) is 2.60. The van der Waals surface area contributed by atoms with Crippen LogP contribution < -0.4 is 0 Å². The van der Waals surface area contributed by atoms with Crippen LogP contribution in [0.1, 0.15) is 52.9 Å². The number of hydrogen-bond donors (Lipinski definition) is 1. The third-order valence-electron chi connectivity index (χ3n) is 4.00. The minimum absolute atomic E-state index is 0.0817. The second-order valence-electron chi connectivity index (χ2n) is 5.27. The molecule has 1 saturated carbocycles. The van der Waals surface area contributed by atoms with Gasteiger partial charge in [-0.05, 0) is 30.1 Å². The van der Waals surface area contributed by atoms with E-state index in [-0.39, 0.29) is 5.41 Å². The Morgan fingerprint density at radius 3 is 2.29 bits per heavy atom. The highest BCUT2D eigenvalue weighted by molar-refractivity contribution is 5.67. The predicted octanol–water partition coefficient (Wildman–Crippen LogP) is 3.31. The summed E-state index contributed by atoms with van der Waals surface area (Å²) in [5, 5.41) is 8.95. The molecule has 0 aromatic heterocycles. The summed E-state index contributed by atoms with van der Waals surface area (Å²) in [6.45, 7) is 6.60. The van der Waals surface area contributed by atoms with Crippen LogP contribution in [0.4, 0.5) is 0 Å². The van der Waals surface area contributed by atoms with Crippen molar-refractivity contribution in [2.75, 3.05) is 0 Å². The SMILES string of the molecule is CC1CCC(CC(=O)O)(C(C)C)CC1. The van der Waals surface area contributed by atoms with Crippen molar-refractivity contribution in [1.29, 1.82) is 0 Å². The molecule has 0 aliphatic heterocycles. The lowest BCUT2D eigenvalue weighted by atomic mass is 9.63. The fourth-order valence-electron chi connectivity index (χ4n) is 2.60. The molecule has 1 rings (SSSR count). The van der Waals surface area contributed by atoms with Crippen LogP contribution in [-0.2, 0) is 4.79 Å². The number of aliphatic carboxylic acids is 1. The van der Waals surface area contributed by atoms with E-state index in [0.29, 0.717) is 12.3 Å². The zero-order valence-electron chi connectivity index (χ0n) is 9.55. The van der Waals surface area contributed by atoms with Crippen molar-refractivity contribution in [1.82, 2.24) is 0 Å². The summed E-state index contributed by atoms with van der Waals surface area (Å²) in [6.07, 6.45) is 4.95. The molecule has 0 atom stereocenters. The Morgan fingerprint density at radius 1 is 1.43 bits per heavy atom. The number of carboxylic acids is 1. The van der Waals surface area contributed by atoms with Crippen LogP contribution in [0, 0.1) is 17.3 Å². The first-order valence-electron chi connectivity index (χ1n) is 5.68. The maximum Gasteiger partial charge on any atom is 0.303 e. The number of hydrogen-bond acceptors (Lipinski definition) is 1. The van der Waals surface area contributed by atoms with Gasteiger partial charge < -0.3 is 5.11 Å². The lowest BCUT2D eigenvalue weighted by Crippen LogP contribution is -2.34. The molecular formula is C12H22O2. The van der Waals surface area contributed by atoms with Crippen LogP contribution in [0.15, 0.2) is 0 Å². The van der Waals surface area contributed by atoms with Crippen molar-refractivity contribution in [2.24, 2.45) is 17.3 Å². The molecule has 0 saturated heterocycles. The van der Waals surface area contributed by atoms with Crippen LogP contribution in [0.2, 0.25) is 0 Å². The van der Waals surface area contributed by atoms with Gasteiger partial charge in [0.05, 0.1) is 6.42 Å². The Hall–Kier alpha value is -0.530. The van der Waals surface area contributed by atoms with Gasteiger partial charge in [0.15, 0.2) is 0 Å². The van der Waals surface area contributed by atoms with Gasteiger partial charge in [-0.15, -0.1) is 0 Å². The molecule has 1 aliphatic rings. The molecule has 1 aliphatic carbocycles. The predicted molar refractivity (Wildman–Crippen MR) is 57.2 cm³/mol. The van der Waals surface area contributed by atoms with E-state index in [2.05, 4.69) is 20.8 Å². The summed E-state index contributed by atoms with van der Waals surface area (Å²) in [6, 6.07) is 0. The molecule has 0 spiro atoms. The topological polar surface area (TPSA) is 37.3 Å². The average molecular weight is 198 g/mol. The van der Waals surface area contributed by atoms with Gasteiger partial charge in [-0.25, -0.2) is 0 Å². The molecule has 0 aromatic rings. The minimum atomic E-state index is -0.631. The molecule has 0 heterocycles. The largest absolute Gasteiger partial charge is 0.481 e. The van der Waals surface area contributed by atoms with Gasteiger partial charge in [0.25, 0.3) is 0 Å². The smallest absolute Gasteiger partial charge is 0.303 e. The highest BCUT2D eigenvalue weighted by atomic mass is 16.4. The maximum atomic E-state index is 10.9. The molecular weight excluding hydrogens is 176 g/mol. The van der Waals surface area contributed by atoms with E-state index in [1.807, 2.05) is 0 Å². The van der Waals surface area contributed by atoms with Crippen LogP contribution in [-0.4, -0.2) is 11.1 Å². The summed E-state index contributed by atoms with van der Waals surface area (Å²) in [5.41, 5.74) is 0.0817. The van der Waals surface area contributed by atoms with E-state index in [1.54, 1.807) is 0 Å². The lowest BCUT2D eigenvalue weighted by molar-refractivity contribution is -0.141. The van der Waals surface area contributed by atoms with Crippen molar-refractivity contribution in [3.8, 4) is 0 Å². The van der Waals surface area contributed by atoms with E-state index in [1.165, 1.54) is 12.8 Å². The number of rotatable bonds is 3. The van der Waals surface area contributed by atoms with E-state index in [9.17, 15) is 4.79 Å². The van der Waals surface area contributed by atoms with Crippen molar-refractivity contribution < 1.29 is 9.90 Å². The molecule has 1 fully saturated rings. The molecule has 1 N–H and O–H groups in total. The van der Waals surface area contributed by atoms with Crippen molar-refractivity contribution in [2.45, 2.75) is 52.9 Å². The average Bonchev–Trinajstić information content (AvgIpc) is 2.08. The van der Waals surface area contributed by atoms with Crippen LogP contribution >= 0.6 is 0 Å². The van der Waals surface area contributed by atoms with Gasteiger partial charge in [-0.3, -0.25) is 4.79 Å². The molecule has 2 heteroatoms. The molecule has 82 valence electrons. The number of carboxylic acid groups (broad SMARTS) is 1. The van der Waals surface area contributed by atoms with Crippen molar-refractivity contribution >= 4 is 5.97 Å². The molecule has 0 radical (unpaired) electrons. The van der Waals surface area contributed by atoms with Crippen LogP contribution in [0.25, 0.3) is 0 Å². The molecule has 0 bridgehead atoms. The van der Waals surface area contributed by atoms with Crippen molar-refractivity contribution in [3.05, 3.63) is 0 Å². The Labute approximate surface area is 86.7 Å². The van der Waals surface area contributed by atoms with Crippen molar-refractivity contribution in [3.63, 3.8) is 0 Å². The summed E-state index contributed by atoms with van der Waals surface area (Å²) < 4.78 is 0. The van der Waals surface area contributed by atoms with E-state index >= 15 is 0 Å². The van der Waals surface area contributed by atoms with Gasteiger partial charge in [0.1, 0.15) is 0 Å². The van der Waals surface area contributed by atoms with Gasteiger partial charge in [-0.1, -0.05) is 33.6 Å². The molecule has 14 heavy (non-hydrogen) atoms. The van der Waals surface area contributed by atoms with E-state index in [4.69, 9.17) is 5.11 Å². The maximum absolute atomic E-state index is 10.9. The summed E-state index contributed by atoms with van der Waals surface area (Å²) in [5.74, 6) is 0.648. The molecule has 2 nitrogen and oxygen atoms in total. The summed E-state index contributed by atoms with van der Waals surface area (Å²) in [4.78, 5) is 10.9. The third-order valence-corrected chi connectivity index (χ3v) is 4.00. The third kappa shape index (κ3) is 2.49. The van der Waals surface area contributed by atoms with Crippen LogP contribution in [0.5, 0.6) is 0 Å². The number of carbonyl (C=O) groups is 1. The van der Waals surface area contributed by atoms with E-state index < -0.39 is 5.97 Å². The Balaban J connectivity index is 2.68. The quantitative estimate of drug-likeness (QED) is 0.755. The van der Waals surface area contributed by atoms with Gasteiger partial charge in [0, 0.05) is 0 Å². The molecule has 0 unspecified atom stereocenters. The Morgan fingerprint density at radius 2 is 1.93 bits per heavy atom. The first-order valence-corrected chi connectivity index (χ1v) is 5.68. The van der Waals surface area contributed by atoms with Gasteiger partial charge in [-0.2, -0.15) is 0 Å². The summed E-state index contributed by atoms with van der Waals surface area (Å²) >= 11 is 0. The lowest BCUT2D eigenvalue weighted by Gasteiger charge is -2.41. The Kier molecular flexibility index (Phi) is 3.57. The zero-order chi connectivity index (χ0) is 10.8. The molecule has 0 aromatic carbocycles. The normalized spacial score (nSPS) is 33.3. The standard InChI is InChI=1S/C12H22O2/c1-9(2)12(8-11(13)14)6-4-10(3)5-7-12/h9-10H,4-8H2,1-3H3,(H,13,14). The zero-order valence-corrected chi connectivity index (χ0v) is 9.55. The minimum Gasteiger partial charge on any atom is -0.481 e. The fraction of sp³-hybridized carbons (Fsp3) is 0.917. The highest BCUT2D eigenvalue weighted by Crippen LogP contribution is 2.46.